The van der Waals surface area contributed by atoms with Crippen molar-refractivity contribution in [1.82, 2.24) is 4.31 Å². The summed E-state index contributed by atoms with van der Waals surface area (Å²) in [5.74, 6) is 0. The highest BCUT2D eigenvalue weighted by Gasteiger charge is 2.31. The fourth-order valence-electron chi connectivity index (χ4n) is 2.51. The Balaban J connectivity index is 2.54. The van der Waals surface area contributed by atoms with E-state index in [0.717, 1.165) is 12.8 Å². The Bertz CT molecular complexity index is 652. The molecule has 1 fully saturated rings. The van der Waals surface area contributed by atoms with Crippen molar-refractivity contribution in [3.63, 3.8) is 0 Å². The summed E-state index contributed by atoms with van der Waals surface area (Å²) in [5.41, 5.74) is 0.657. The van der Waals surface area contributed by atoms with Crippen molar-refractivity contribution < 1.29 is 13.3 Å². The van der Waals surface area contributed by atoms with Gasteiger partial charge in [-0.25, -0.2) is 8.42 Å². The van der Waals surface area contributed by atoms with E-state index in [1.807, 2.05) is 6.92 Å². The zero-order valence-corrected chi connectivity index (χ0v) is 12.9. The lowest BCUT2D eigenvalue weighted by molar-refractivity contribution is -0.384. The number of anilines is 1. The fourth-order valence-corrected chi connectivity index (χ4v) is 4.25. The van der Waals surface area contributed by atoms with Crippen LogP contribution in [0.4, 0.5) is 11.4 Å². The maximum atomic E-state index is 12.6. The molecule has 0 spiro atoms. The fraction of sp³-hybridized carbons (Fsp3) is 0.538. The molecule has 1 aliphatic rings. The van der Waals surface area contributed by atoms with Crippen LogP contribution >= 0.6 is 0 Å². The molecule has 0 aliphatic carbocycles. The number of hydrogen-bond acceptors (Lipinski definition) is 5. The van der Waals surface area contributed by atoms with Crippen molar-refractivity contribution in [3.05, 3.63) is 27.8 Å². The molecule has 21 heavy (non-hydrogen) atoms. The number of nitro groups is 1. The van der Waals surface area contributed by atoms with Gasteiger partial charge in [0.2, 0.25) is 10.0 Å². The molecule has 1 aromatic carbocycles. The van der Waals surface area contributed by atoms with E-state index in [2.05, 4.69) is 5.32 Å². The third-order valence-electron chi connectivity index (χ3n) is 3.54. The minimum Gasteiger partial charge on any atom is -0.380 e. The molecule has 0 saturated carbocycles. The third-order valence-corrected chi connectivity index (χ3v) is 5.58. The summed E-state index contributed by atoms with van der Waals surface area (Å²) in [6, 6.07) is 2.70. The van der Waals surface area contributed by atoms with Crippen LogP contribution in [0.1, 0.15) is 25.3 Å². The van der Waals surface area contributed by atoms with Gasteiger partial charge in [-0.05, 0) is 38.3 Å². The average molecular weight is 313 g/mol. The first kappa shape index (κ1) is 15.7. The van der Waals surface area contributed by atoms with E-state index < -0.39 is 14.9 Å². The van der Waals surface area contributed by atoms with E-state index >= 15 is 0 Å². The molecule has 0 atom stereocenters. The van der Waals surface area contributed by atoms with Gasteiger partial charge in [-0.1, -0.05) is 0 Å². The maximum Gasteiger partial charge on any atom is 0.293 e. The Labute approximate surface area is 124 Å². The Kier molecular flexibility index (Phi) is 4.48. The number of hydrogen-bond donors (Lipinski definition) is 1. The van der Waals surface area contributed by atoms with Crippen LogP contribution in [0.25, 0.3) is 0 Å². The van der Waals surface area contributed by atoms with Gasteiger partial charge in [0, 0.05) is 25.7 Å². The summed E-state index contributed by atoms with van der Waals surface area (Å²) >= 11 is 0. The number of sulfonamides is 1. The summed E-state index contributed by atoms with van der Waals surface area (Å²) < 4.78 is 26.6. The quantitative estimate of drug-likeness (QED) is 0.664. The summed E-state index contributed by atoms with van der Waals surface area (Å²) in [4.78, 5) is 10.6. The summed E-state index contributed by atoms with van der Waals surface area (Å²) in [6.07, 6.45) is 1.66. The van der Waals surface area contributed by atoms with Gasteiger partial charge in [-0.2, -0.15) is 4.31 Å². The van der Waals surface area contributed by atoms with Gasteiger partial charge in [-0.3, -0.25) is 10.1 Å². The van der Waals surface area contributed by atoms with E-state index in [-0.39, 0.29) is 10.6 Å². The van der Waals surface area contributed by atoms with Crippen LogP contribution in [0.15, 0.2) is 17.0 Å². The van der Waals surface area contributed by atoms with Gasteiger partial charge in [0.1, 0.15) is 5.69 Å². The van der Waals surface area contributed by atoms with Crippen LogP contribution in [-0.2, 0) is 10.0 Å². The van der Waals surface area contributed by atoms with Gasteiger partial charge in [-0.15, -0.1) is 0 Å². The monoisotopic (exact) mass is 313 g/mol. The maximum absolute atomic E-state index is 12.6. The lowest BCUT2D eigenvalue weighted by atomic mass is 10.2. The molecular formula is C13H19N3O4S. The predicted molar refractivity (Wildman–Crippen MR) is 80.0 cm³/mol. The van der Waals surface area contributed by atoms with Crippen LogP contribution < -0.4 is 5.32 Å². The number of nitrogens with one attached hydrogen (secondary N) is 1. The predicted octanol–water partition coefficient (Wildman–Crippen LogP) is 2.12. The van der Waals surface area contributed by atoms with Gasteiger partial charge >= 0.3 is 0 Å². The van der Waals surface area contributed by atoms with Gasteiger partial charge in [0.05, 0.1) is 9.82 Å². The largest absolute Gasteiger partial charge is 0.380 e. The van der Waals surface area contributed by atoms with Crippen molar-refractivity contribution in [2.24, 2.45) is 0 Å². The van der Waals surface area contributed by atoms with E-state index in [1.165, 1.54) is 16.4 Å². The Morgan fingerprint density at radius 2 is 1.95 bits per heavy atom. The molecule has 8 heteroatoms. The molecule has 1 saturated heterocycles. The van der Waals surface area contributed by atoms with Crippen LogP contribution in [0.5, 0.6) is 0 Å². The van der Waals surface area contributed by atoms with Gasteiger partial charge < -0.3 is 5.32 Å². The van der Waals surface area contributed by atoms with E-state index in [4.69, 9.17) is 0 Å². The Hall–Kier alpha value is -1.67. The highest BCUT2D eigenvalue weighted by molar-refractivity contribution is 7.89. The Morgan fingerprint density at radius 1 is 1.33 bits per heavy atom. The van der Waals surface area contributed by atoms with Gasteiger partial charge in [0.15, 0.2) is 0 Å². The zero-order valence-electron chi connectivity index (χ0n) is 12.1. The van der Waals surface area contributed by atoms with Crippen LogP contribution in [0.3, 0.4) is 0 Å². The van der Waals surface area contributed by atoms with Crippen molar-refractivity contribution in [3.8, 4) is 0 Å². The van der Waals surface area contributed by atoms with E-state index in [1.54, 1.807) is 6.92 Å². The molecule has 2 rings (SSSR count). The van der Waals surface area contributed by atoms with Crippen molar-refractivity contribution in [2.45, 2.75) is 31.6 Å². The lowest BCUT2D eigenvalue weighted by Gasteiger charge is -2.18. The summed E-state index contributed by atoms with van der Waals surface area (Å²) in [7, 11) is -3.66. The smallest absolute Gasteiger partial charge is 0.293 e. The lowest BCUT2D eigenvalue weighted by Crippen LogP contribution is -2.28. The topological polar surface area (TPSA) is 92.6 Å². The zero-order chi connectivity index (χ0) is 15.6. The van der Waals surface area contributed by atoms with Gasteiger partial charge in [0.25, 0.3) is 5.69 Å². The van der Waals surface area contributed by atoms with Crippen molar-refractivity contribution in [1.29, 1.82) is 0 Å². The SMILES string of the molecule is CCNc1cc(C)c(S(=O)(=O)N2CCCC2)cc1[N+](=O)[O-]. The second-order valence-electron chi connectivity index (χ2n) is 5.03. The highest BCUT2D eigenvalue weighted by atomic mass is 32.2. The molecule has 0 radical (unpaired) electrons. The first-order valence-electron chi connectivity index (χ1n) is 6.91. The number of benzene rings is 1. The second-order valence-corrected chi connectivity index (χ2v) is 6.94. The highest BCUT2D eigenvalue weighted by Crippen LogP contribution is 2.32. The molecule has 0 bridgehead atoms. The molecule has 7 nitrogen and oxygen atoms in total. The minimum absolute atomic E-state index is 0.0257. The molecule has 1 aliphatic heterocycles. The van der Waals surface area contributed by atoms with E-state index in [9.17, 15) is 18.5 Å². The van der Waals surface area contributed by atoms with Crippen LogP contribution in [-0.4, -0.2) is 37.3 Å². The summed E-state index contributed by atoms with van der Waals surface area (Å²) in [6.45, 7) is 4.97. The third kappa shape index (κ3) is 3.01. The van der Waals surface area contributed by atoms with Crippen LogP contribution in [0, 0.1) is 17.0 Å². The average Bonchev–Trinajstić information content (AvgIpc) is 2.93. The number of nitrogens with zero attached hydrogens (tertiary/aromatic N) is 2. The minimum atomic E-state index is -3.66. The van der Waals surface area contributed by atoms with Crippen molar-refractivity contribution >= 4 is 21.4 Å². The molecule has 116 valence electrons. The number of rotatable bonds is 5. The molecule has 0 amide bonds. The standard InChI is InChI=1S/C13H19N3O4S/c1-3-14-11-8-10(2)13(9-12(11)16(17)18)21(19,20)15-6-4-5-7-15/h8-9,14H,3-7H2,1-2H3. The molecular weight excluding hydrogens is 294 g/mol. The number of nitro benzene ring substituents is 1. The first-order chi connectivity index (χ1) is 9.87. The van der Waals surface area contributed by atoms with Crippen molar-refractivity contribution in [2.75, 3.05) is 25.0 Å². The molecule has 0 aromatic heterocycles. The van der Waals surface area contributed by atoms with E-state index in [0.29, 0.717) is 30.9 Å². The van der Waals surface area contributed by atoms with Crippen LogP contribution in [0.2, 0.25) is 0 Å². The number of aryl methyl sites for hydroxylation is 1. The molecule has 1 aromatic rings. The summed E-state index contributed by atoms with van der Waals surface area (Å²) in [5, 5.41) is 14.1. The normalized spacial score (nSPS) is 16.1. The second kappa shape index (κ2) is 5.98. The Morgan fingerprint density at radius 3 is 2.48 bits per heavy atom. The molecule has 0 unspecified atom stereocenters. The first-order valence-corrected chi connectivity index (χ1v) is 8.35. The molecule has 1 heterocycles. The molecule has 1 N–H and O–H groups in total.